The number of carbonyl (C=O) groups excluding carboxylic acids is 2. The number of hydrogen-bond acceptors (Lipinski definition) is 4. The van der Waals surface area contributed by atoms with Gasteiger partial charge < -0.3 is 15.2 Å². The van der Waals surface area contributed by atoms with Crippen molar-refractivity contribution in [2.45, 2.75) is 6.42 Å². The Morgan fingerprint density at radius 1 is 1.33 bits per heavy atom. The van der Waals surface area contributed by atoms with Crippen molar-refractivity contribution in [3.8, 4) is 5.75 Å². The van der Waals surface area contributed by atoms with E-state index in [9.17, 15) is 18.4 Å². The number of aldehydes is 1. The Morgan fingerprint density at radius 2 is 2.06 bits per heavy atom. The third kappa shape index (κ3) is 4.00. The standard InChI is InChI=1S/C11H11F2NO4/c12-8-4-7(6-15)10(9(13)5-8)17-2-1-3-18-11(14)16/h4-6H,1-3H2,(H2,14,16). The van der Waals surface area contributed by atoms with Gasteiger partial charge in [0.15, 0.2) is 17.9 Å². The summed E-state index contributed by atoms with van der Waals surface area (Å²) in [4.78, 5) is 20.8. The van der Waals surface area contributed by atoms with Gasteiger partial charge in [-0.2, -0.15) is 0 Å². The number of benzene rings is 1. The lowest BCUT2D eigenvalue weighted by atomic mass is 10.2. The van der Waals surface area contributed by atoms with Crippen LogP contribution in [-0.4, -0.2) is 25.6 Å². The summed E-state index contributed by atoms with van der Waals surface area (Å²) in [6.45, 7) is 0.00520. The molecule has 7 heteroatoms. The minimum Gasteiger partial charge on any atom is -0.490 e. The Kier molecular flexibility index (Phi) is 5.04. The lowest BCUT2D eigenvalue weighted by Gasteiger charge is -2.09. The summed E-state index contributed by atoms with van der Waals surface area (Å²) in [6, 6.07) is 1.48. The zero-order valence-corrected chi connectivity index (χ0v) is 9.32. The first kappa shape index (κ1) is 13.9. The zero-order valence-electron chi connectivity index (χ0n) is 9.32. The summed E-state index contributed by atoms with van der Waals surface area (Å²) in [5, 5.41) is 0. The highest BCUT2D eigenvalue weighted by Crippen LogP contribution is 2.23. The van der Waals surface area contributed by atoms with E-state index in [0.717, 1.165) is 6.07 Å². The van der Waals surface area contributed by atoms with Crippen LogP contribution in [0.5, 0.6) is 5.75 Å². The predicted molar refractivity (Wildman–Crippen MR) is 57.4 cm³/mol. The van der Waals surface area contributed by atoms with E-state index < -0.39 is 17.7 Å². The van der Waals surface area contributed by atoms with Crippen LogP contribution in [0.25, 0.3) is 0 Å². The summed E-state index contributed by atoms with van der Waals surface area (Å²) in [5.74, 6) is -2.16. The van der Waals surface area contributed by atoms with Crippen LogP contribution in [-0.2, 0) is 4.74 Å². The van der Waals surface area contributed by atoms with Crippen molar-refractivity contribution in [2.75, 3.05) is 13.2 Å². The van der Waals surface area contributed by atoms with Gasteiger partial charge in [-0.25, -0.2) is 13.6 Å². The van der Waals surface area contributed by atoms with E-state index in [1.807, 2.05) is 0 Å². The third-order valence-electron chi connectivity index (χ3n) is 1.94. The second kappa shape index (κ2) is 6.53. The first-order valence-electron chi connectivity index (χ1n) is 5.04. The smallest absolute Gasteiger partial charge is 0.404 e. The normalized spacial score (nSPS) is 9.89. The van der Waals surface area contributed by atoms with Crippen molar-refractivity contribution in [3.05, 3.63) is 29.3 Å². The molecule has 0 atom stereocenters. The Labute approximate surface area is 101 Å². The van der Waals surface area contributed by atoms with Crippen LogP contribution >= 0.6 is 0 Å². The molecule has 1 aromatic rings. The molecule has 1 amide bonds. The van der Waals surface area contributed by atoms with Gasteiger partial charge in [-0.05, 0) is 6.07 Å². The van der Waals surface area contributed by atoms with Gasteiger partial charge in [0, 0.05) is 12.5 Å². The average Bonchev–Trinajstić information content (AvgIpc) is 2.30. The molecule has 0 heterocycles. The van der Waals surface area contributed by atoms with E-state index in [1.165, 1.54) is 0 Å². The number of primary amides is 1. The second-order valence-corrected chi connectivity index (χ2v) is 3.29. The van der Waals surface area contributed by atoms with Crippen LogP contribution in [0.15, 0.2) is 12.1 Å². The maximum atomic E-state index is 13.3. The molecule has 0 aliphatic heterocycles. The highest BCUT2D eigenvalue weighted by molar-refractivity contribution is 5.79. The van der Waals surface area contributed by atoms with E-state index in [4.69, 9.17) is 10.5 Å². The molecule has 0 aliphatic carbocycles. The summed E-state index contributed by atoms with van der Waals surface area (Å²) in [5.41, 5.74) is 4.50. The number of carbonyl (C=O) groups is 2. The molecule has 0 radical (unpaired) electrons. The molecule has 0 bridgehead atoms. The molecule has 0 saturated carbocycles. The molecule has 0 spiro atoms. The highest BCUT2D eigenvalue weighted by Gasteiger charge is 2.12. The number of ether oxygens (including phenoxy) is 2. The molecule has 1 aromatic carbocycles. The minimum absolute atomic E-state index is 0.00330. The van der Waals surface area contributed by atoms with Gasteiger partial charge in [0.2, 0.25) is 0 Å². The Hall–Kier alpha value is -2.18. The van der Waals surface area contributed by atoms with Crippen LogP contribution < -0.4 is 10.5 Å². The molecular formula is C11H11F2NO4. The maximum absolute atomic E-state index is 13.3. The summed E-state index contributed by atoms with van der Waals surface area (Å²) < 4.78 is 35.5. The molecule has 18 heavy (non-hydrogen) atoms. The number of nitrogens with two attached hydrogens (primary N) is 1. The monoisotopic (exact) mass is 259 g/mol. The van der Waals surface area contributed by atoms with Crippen molar-refractivity contribution in [3.63, 3.8) is 0 Å². The molecule has 1 rings (SSSR count). The highest BCUT2D eigenvalue weighted by atomic mass is 19.1. The van der Waals surface area contributed by atoms with E-state index >= 15 is 0 Å². The van der Waals surface area contributed by atoms with Crippen molar-refractivity contribution >= 4 is 12.4 Å². The van der Waals surface area contributed by atoms with Gasteiger partial charge in [-0.3, -0.25) is 4.79 Å². The maximum Gasteiger partial charge on any atom is 0.404 e. The molecule has 0 aliphatic rings. The predicted octanol–water partition coefficient (Wildman–Crippen LogP) is 1.64. The van der Waals surface area contributed by atoms with E-state index in [1.54, 1.807) is 0 Å². The fourth-order valence-electron chi connectivity index (χ4n) is 1.23. The molecule has 0 fully saturated rings. The van der Waals surface area contributed by atoms with Gasteiger partial charge in [0.05, 0.1) is 18.8 Å². The van der Waals surface area contributed by atoms with E-state index in [-0.39, 0.29) is 30.9 Å². The lowest BCUT2D eigenvalue weighted by molar-refractivity contribution is 0.111. The fraction of sp³-hybridized carbons (Fsp3) is 0.273. The van der Waals surface area contributed by atoms with Crippen LogP contribution in [0, 0.1) is 11.6 Å². The van der Waals surface area contributed by atoms with Gasteiger partial charge in [-0.1, -0.05) is 0 Å². The Morgan fingerprint density at radius 3 is 2.67 bits per heavy atom. The van der Waals surface area contributed by atoms with Crippen LogP contribution in [0.1, 0.15) is 16.8 Å². The lowest BCUT2D eigenvalue weighted by Crippen LogP contribution is -2.15. The van der Waals surface area contributed by atoms with Gasteiger partial charge in [0.1, 0.15) is 5.82 Å². The largest absolute Gasteiger partial charge is 0.490 e. The molecule has 98 valence electrons. The Bertz CT molecular complexity index is 451. The molecule has 0 saturated heterocycles. The van der Waals surface area contributed by atoms with Gasteiger partial charge in [0.25, 0.3) is 0 Å². The summed E-state index contributed by atoms with van der Waals surface area (Å²) >= 11 is 0. The van der Waals surface area contributed by atoms with Crippen molar-refractivity contribution in [1.29, 1.82) is 0 Å². The Balaban J connectivity index is 2.56. The third-order valence-corrected chi connectivity index (χ3v) is 1.94. The van der Waals surface area contributed by atoms with Gasteiger partial charge >= 0.3 is 6.09 Å². The average molecular weight is 259 g/mol. The van der Waals surface area contributed by atoms with Crippen LogP contribution in [0.3, 0.4) is 0 Å². The second-order valence-electron chi connectivity index (χ2n) is 3.29. The van der Waals surface area contributed by atoms with E-state index in [0.29, 0.717) is 12.4 Å². The SMILES string of the molecule is NC(=O)OCCCOc1c(F)cc(F)cc1C=O. The van der Waals surface area contributed by atoms with Gasteiger partial charge in [-0.15, -0.1) is 0 Å². The molecule has 0 aromatic heterocycles. The molecule has 0 unspecified atom stereocenters. The summed E-state index contributed by atoms with van der Waals surface area (Å²) in [6.07, 6.45) is -0.365. The van der Waals surface area contributed by atoms with Crippen molar-refractivity contribution in [1.82, 2.24) is 0 Å². The number of hydrogen-bond donors (Lipinski definition) is 1. The first-order valence-corrected chi connectivity index (χ1v) is 5.04. The van der Waals surface area contributed by atoms with Crippen molar-refractivity contribution in [2.24, 2.45) is 5.73 Å². The summed E-state index contributed by atoms with van der Waals surface area (Å²) in [7, 11) is 0. The molecule has 2 N–H and O–H groups in total. The quantitative estimate of drug-likeness (QED) is 0.622. The number of amides is 1. The van der Waals surface area contributed by atoms with Crippen LogP contribution in [0.2, 0.25) is 0 Å². The van der Waals surface area contributed by atoms with E-state index in [2.05, 4.69) is 4.74 Å². The fourth-order valence-corrected chi connectivity index (χ4v) is 1.23. The number of rotatable bonds is 6. The topological polar surface area (TPSA) is 78.6 Å². The first-order chi connectivity index (χ1) is 8.54. The molecular weight excluding hydrogens is 248 g/mol. The molecule has 5 nitrogen and oxygen atoms in total. The number of halogens is 2. The van der Waals surface area contributed by atoms with Crippen molar-refractivity contribution < 1.29 is 27.8 Å². The zero-order chi connectivity index (χ0) is 13.5. The minimum atomic E-state index is -0.965. The van der Waals surface area contributed by atoms with Crippen LogP contribution in [0.4, 0.5) is 13.6 Å².